The molecular weight excluding hydrogens is 416 g/mol. The van der Waals surface area contributed by atoms with Gasteiger partial charge in [0.2, 0.25) is 5.91 Å². The quantitative estimate of drug-likeness (QED) is 0.294. The number of thiophene rings is 1. The topological polar surface area (TPSA) is 98.5 Å². The lowest BCUT2D eigenvalue weighted by Crippen LogP contribution is -2.17. The van der Waals surface area contributed by atoms with Gasteiger partial charge in [0, 0.05) is 22.6 Å². The van der Waals surface area contributed by atoms with Crippen molar-refractivity contribution in [3.63, 3.8) is 0 Å². The van der Waals surface area contributed by atoms with Crippen molar-refractivity contribution in [3.05, 3.63) is 80.7 Å². The maximum Gasteiger partial charge on any atom is 0.341 e. The van der Waals surface area contributed by atoms with Crippen molar-refractivity contribution < 1.29 is 19.2 Å². The van der Waals surface area contributed by atoms with Gasteiger partial charge in [-0.25, -0.2) is 4.79 Å². The molecule has 1 heterocycles. The molecule has 0 spiro atoms. The van der Waals surface area contributed by atoms with E-state index in [1.165, 1.54) is 23.0 Å². The van der Waals surface area contributed by atoms with Gasteiger partial charge in [-0.15, -0.1) is 11.3 Å². The normalized spacial score (nSPS) is 10.5. The number of anilines is 1. The zero-order valence-electron chi connectivity index (χ0n) is 17.2. The van der Waals surface area contributed by atoms with Crippen molar-refractivity contribution in [1.82, 2.24) is 0 Å². The van der Waals surface area contributed by atoms with Crippen molar-refractivity contribution in [3.8, 4) is 11.1 Å². The van der Waals surface area contributed by atoms with Crippen LogP contribution in [0.2, 0.25) is 0 Å². The van der Waals surface area contributed by atoms with Gasteiger partial charge in [0.05, 0.1) is 18.0 Å². The predicted octanol–water partition coefficient (Wildman–Crippen LogP) is 5.24. The van der Waals surface area contributed by atoms with Crippen molar-refractivity contribution in [2.24, 2.45) is 0 Å². The smallest absolute Gasteiger partial charge is 0.341 e. The van der Waals surface area contributed by atoms with E-state index in [9.17, 15) is 19.7 Å². The first-order valence-corrected chi connectivity index (χ1v) is 10.7. The highest BCUT2D eigenvalue weighted by molar-refractivity contribution is 7.15. The third kappa shape index (κ3) is 5.16. The summed E-state index contributed by atoms with van der Waals surface area (Å²) in [7, 11) is 0. The molecule has 1 amide bonds. The van der Waals surface area contributed by atoms with E-state index >= 15 is 0 Å². The second-order valence-corrected chi connectivity index (χ2v) is 7.61. The number of nitrogens with zero attached hydrogens (tertiary/aromatic N) is 1. The third-order valence-electron chi connectivity index (χ3n) is 4.74. The van der Waals surface area contributed by atoms with Crippen molar-refractivity contribution >= 4 is 33.9 Å². The Labute approximate surface area is 183 Å². The number of para-hydroxylation sites is 1. The van der Waals surface area contributed by atoms with Crippen LogP contribution in [-0.2, 0) is 22.4 Å². The predicted molar refractivity (Wildman–Crippen MR) is 121 cm³/mol. The van der Waals surface area contributed by atoms with Gasteiger partial charge < -0.3 is 10.1 Å². The lowest BCUT2D eigenvalue weighted by Gasteiger charge is -2.09. The number of carbonyl (C=O) groups excluding carboxylic acids is 2. The lowest BCUT2D eigenvalue weighted by atomic mass is 10.0. The first-order chi connectivity index (χ1) is 14.9. The molecule has 1 aromatic heterocycles. The lowest BCUT2D eigenvalue weighted by molar-refractivity contribution is -0.385. The van der Waals surface area contributed by atoms with Gasteiger partial charge in [-0.05, 0) is 24.5 Å². The second-order valence-electron chi connectivity index (χ2n) is 6.74. The molecule has 0 saturated heterocycles. The number of carbonyl (C=O) groups is 2. The molecule has 0 aliphatic heterocycles. The van der Waals surface area contributed by atoms with Gasteiger partial charge in [0.25, 0.3) is 5.69 Å². The Morgan fingerprint density at radius 2 is 1.81 bits per heavy atom. The van der Waals surface area contributed by atoms with Gasteiger partial charge in [0.1, 0.15) is 10.6 Å². The molecule has 3 aromatic rings. The van der Waals surface area contributed by atoms with E-state index in [1.54, 1.807) is 30.5 Å². The average Bonchev–Trinajstić information content (AvgIpc) is 3.17. The Bertz CT molecular complexity index is 1110. The van der Waals surface area contributed by atoms with Crippen molar-refractivity contribution in [2.75, 3.05) is 11.9 Å². The molecule has 0 aliphatic rings. The average molecular weight is 439 g/mol. The van der Waals surface area contributed by atoms with Crippen molar-refractivity contribution in [1.29, 1.82) is 0 Å². The minimum Gasteiger partial charge on any atom is -0.462 e. The van der Waals surface area contributed by atoms with Crippen LogP contribution in [0.1, 0.15) is 35.3 Å². The van der Waals surface area contributed by atoms with Crippen LogP contribution in [-0.4, -0.2) is 23.4 Å². The molecule has 0 fully saturated rings. The molecule has 31 heavy (non-hydrogen) atoms. The van der Waals surface area contributed by atoms with Crippen LogP contribution in [0.25, 0.3) is 11.1 Å². The minimum absolute atomic E-state index is 0.119. The summed E-state index contributed by atoms with van der Waals surface area (Å²) in [6, 6.07) is 13.9. The van der Waals surface area contributed by atoms with E-state index in [0.29, 0.717) is 16.1 Å². The van der Waals surface area contributed by atoms with Gasteiger partial charge in [-0.3, -0.25) is 14.9 Å². The van der Waals surface area contributed by atoms with E-state index in [0.717, 1.165) is 12.0 Å². The Kier molecular flexibility index (Phi) is 7.15. The summed E-state index contributed by atoms with van der Waals surface area (Å²) in [5.41, 5.74) is 3.16. The number of rotatable bonds is 8. The molecule has 0 radical (unpaired) electrons. The van der Waals surface area contributed by atoms with E-state index < -0.39 is 16.8 Å². The number of hydrogen-bond donors (Lipinski definition) is 1. The number of benzene rings is 2. The SMILES string of the molecule is CCOC(=O)c1c(-c2ccc(CC)cc2)csc1NC(=O)Cc1ccccc1[N+](=O)[O-]. The number of ether oxygens (including phenoxy) is 1. The number of hydrogen-bond acceptors (Lipinski definition) is 6. The highest BCUT2D eigenvalue weighted by Gasteiger charge is 2.24. The van der Waals surface area contributed by atoms with Crippen LogP contribution >= 0.6 is 11.3 Å². The highest BCUT2D eigenvalue weighted by atomic mass is 32.1. The number of nitrogens with one attached hydrogen (secondary N) is 1. The fraction of sp³-hybridized carbons (Fsp3) is 0.217. The molecule has 7 nitrogen and oxygen atoms in total. The van der Waals surface area contributed by atoms with Gasteiger partial charge in [0.15, 0.2) is 0 Å². The maximum absolute atomic E-state index is 12.7. The fourth-order valence-electron chi connectivity index (χ4n) is 3.17. The van der Waals surface area contributed by atoms with Gasteiger partial charge in [-0.1, -0.05) is 49.4 Å². The minimum atomic E-state index is -0.528. The van der Waals surface area contributed by atoms with E-state index in [4.69, 9.17) is 4.74 Å². The van der Waals surface area contributed by atoms with Crippen LogP contribution in [0, 0.1) is 10.1 Å². The monoisotopic (exact) mass is 438 g/mol. The summed E-state index contributed by atoms with van der Waals surface area (Å²) in [5.74, 6) is -0.978. The van der Waals surface area contributed by atoms with Crippen LogP contribution in [0.3, 0.4) is 0 Å². The van der Waals surface area contributed by atoms with Gasteiger partial charge >= 0.3 is 5.97 Å². The first kappa shape index (κ1) is 22.2. The van der Waals surface area contributed by atoms with Crippen LogP contribution < -0.4 is 5.32 Å². The molecule has 0 atom stereocenters. The summed E-state index contributed by atoms with van der Waals surface area (Å²) >= 11 is 1.22. The standard InChI is InChI=1S/C23H22N2O5S/c1-3-15-9-11-16(12-10-15)18-14-31-22(21(18)23(27)30-4-2)24-20(26)13-17-7-5-6-8-19(17)25(28)29/h5-12,14H,3-4,13H2,1-2H3,(H,24,26). The third-order valence-corrected chi connectivity index (χ3v) is 5.63. The number of amides is 1. The van der Waals surface area contributed by atoms with Crippen molar-refractivity contribution in [2.45, 2.75) is 26.7 Å². The fourth-order valence-corrected chi connectivity index (χ4v) is 4.14. The van der Waals surface area contributed by atoms with Gasteiger partial charge in [-0.2, -0.15) is 0 Å². The molecule has 0 unspecified atom stereocenters. The molecule has 8 heteroatoms. The second kappa shape index (κ2) is 9.99. The Morgan fingerprint density at radius 1 is 1.10 bits per heavy atom. The number of nitro benzene ring substituents is 1. The van der Waals surface area contributed by atoms with Crippen LogP contribution in [0.5, 0.6) is 0 Å². The van der Waals surface area contributed by atoms with Crippen LogP contribution in [0.15, 0.2) is 53.9 Å². The maximum atomic E-state index is 12.7. The molecule has 1 N–H and O–H groups in total. The largest absolute Gasteiger partial charge is 0.462 e. The first-order valence-electron chi connectivity index (χ1n) is 9.84. The molecule has 2 aromatic carbocycles. The number of esters is 1. The molecule has 0 bridgehead atoms. The molecule has 0 aliphatic carbocycles. The highest BCUT2D eigenvalue weighted by Crippen LogP contribution is 2.36. The molecular formula is C23H22N2O5S. The zero-order chi connectivity index (χ0) is 22.4. The Hall–Kier alpha value is -3.52. The summed E-state index contributed by atoms with van der Waals surface area (Å²) in [6.45, 7) is 3.98. The number of aryl methyl sites for hydroxylation is 1. The Balaban J connectivity index is 1.90. The summed E-state index contributed by atoms with van der Waals surface area (Å²) in [5, 5.41) is 16.1. The Morgan fingerprint density at radius 3 is 2.45 bits per heavy atom. The van der Waals surface area contributed by atoms with E-state index in [1.807, 2.05) is 24.3 Å². The molecule has 160 valence electrons. The molecule has 0 saturated carbocycles. The van der Waals surface area contributed by atoms with Crippen LogP contribution in [0.4, 0.5) is 10.7 Å². The number of nitro groups is 1. The zero-order valence-corrected chi connectivity index (χ0v) is 18.0. The molecule has 3 rings (SSSR count). The van der Waals surface area contributed by atoms with E-state index in [2.05, 4.69) is 12.2 Å². The summed E-state index contributed by atoms with van der Waals surface area (Å²) < 4.78 is 5.21. The van der Waals surface area contributed by atoms with E-state index in [-0.39, 0.29) is 24.3 Å². The summed E-state index contributed by atoms with van der Waals surface area (Å²) in [4.78, 5) is 36.0. The summed E-state index contributed by atoms with van der Waals surface area (Å²) in [6.07, 6.45) is 0.722.